The monoisotopic (exact) mass is 486 g/mol. The number of rotatable bonds is 5. The fraction of sp³-hybridized carbons (Fsp3) is 0. The van der Waals surface area contributed by atoms with Gasteiger partial charge in [0.1, 0.15) is 29.2 Å². The Morgan fingerprint density at radius 2 is 1.86 bits per heavy atom. The lowest BCUT2D eigenvalue weighted by atomic mass is 10.0. The van der Waals surface area contributed by atoms with Crippen LogP contribution in [0.15, 0.2) is 83.7 Å². The van der Waals surface area contributed by atoms with Gasteiger partial charge in [0, 0.05) is 24.0 Å². The molecule has 2 N–H and O–H groups in total. The minimum absolute atomic E-state index is 0.0202. The van der Waals surface area contributed by atoms with Crippen LogP contribution in [-0.4, -0.2) is 35.7 Å². The average molecular weight is 486 g/mol. The topological polar surface area (TPSA) is 178 Å². The third kappa shape index (κ3) is 4.41. The van der Waals surface area contributed by atoms with Crippen LogP contribution in [0, 0.1) is 22.7 Å². The molecule has 0 aliphatic heterocycles. The number of fused-ring (bicyclic) bond motifs is 1. The first kappa shape index (κ1) is 22.8. The summed E-state index contributed by atoms with van der Waals surface area (Å²) in [6.45, 7) is 0. The summed E-state index contributed by atoms with van der Waals surface area (Å²) in [4.78, 5) is 25.2. The molecule has 0 fully saturated rings. The highest BCUT2D eigenvalue weighted by Gasteiger charge is 2.20. The van der Waals surface area contributed by atoms with Gasteiger partial charge in [-0.25, -0.2) is 9.97 Å². The molecule has 0 unspecified atom stereocenters. The number of benzene rings is 2. The number of carbonyl (C=O) groups is 1. The zero-order valence-electron chi connectivity index (χ0n) is 18.8. The van der Waals surface area contributed by atoms with Crippen LogP contribution in [-0.2, 0) is 0 Å². The normalized spacial score (nSPS) is 10.8. The molecule has 0 bridgehead atoms. The summed E-state index contributed by atoms with van der Waals surface area (Å²) in [7, 11) is 0. The standard InChI is InChI=1S/C25H14N10O2/c26-10-15-5-6-20(30-12-15)32-25(37)19-9-16-3-1-2-4-18(16)22(23(19)36)33-34-24-17(11-27)13-31-35(24)21-14-28-7-8-29-21/h1-9,12-14,36H,(H,30,32,37). The number of pyridine rings is 1. The number of aromatic nitrogens is 5. The number of phenols is 1. The minimum Gasteiger partial charge on any atom is -0.505 e. The third-order valence-electron chi connectivity index (χ3n) is 5.25. The van der Waals surface area contributed by atoms with Gasteiger partial charge in [0.2, 0.25) is 0 Å². The van der Waals surface area contributed by atoms with Crippen LogP contribution in [0.1, 0.15) is 21.5 Å². The second-order valence-corrected chi connectivity index (χ2v) is 7.51. The zero-order chi connectivity index (χ0) is 25.8. The molecular weight excluding hydrogens is 472 g/mol. The number of hydrogen-bond acceptors (Lipinski definition) is 10. The van der Waals surface area contributed by atoms with Gasteiger partial charge in [-0.05, 0) is 23.6 Å². The second kappa shape index (κ2) is 9.69. The van der Waals surface area contributed by atoms with E-state index in [2.05, 4.69) is 35.6 Å². The van der Waals surface area contributed by atoms with Crippen molar-refractivity contribution in [2.24, 2.45) is 10.2 Å². The maximum Gasteiger partial charge on any atom is 0.260 e. The molecule has 176 valence electrons. The maximum atomic E-state index is 13.0. The van der Waals surface area contributed by atoms with Gasteiger partial charge < -0.3 is 10.4 Å². The number of carbonyl (C=O) groups excluding carboxylic acids is 1. The maximum absolute atomic E-state index is 13.0. The molecule has 5 rings (SSSR count). The minimum atomic E-state index is -0.640. The molecule has 12 heteroatoms. The van der Waals surface area contributed by atoms with Gasteiger partial charge >= 0.3 is 0 Å². The molecule has 0 saturated carbocycles. The van der Waals surface area contributed by atoms with Crippen molar-refractivity contribution in [3.63, 3.8) is 0 Å². The number of azo groups is 1. The molecule has 3 heterocycles. The lowest BCUT2D eigenvalue weighted by Gasteiger charge is -2.11. The summed E-state index contributed by atoms with van der Waals surface area (Å²) in [5.41, 5.74) is 0.416. The highest BCUT2D eigenvalue weighted by Crippen LogP contribution is 2.40. The van der Waals surface area contributed by atoms with Crippen molar-refractivity contribution in [2.75, 3.05) is 5.32 Å². The Labute approximate surface area is 208 Å². The zero-order valence-corrected chi connectivity index (χ0v) is 18.8. The van der Waals surface area contributed by atoms with Crippen LogP contribution in [0.5, 0.6) is 5.75 Å². The van der Waals surface area contributed by atoms with E-state index < -0.39 is 11.7 Å². The van der Waals surface area contributed by atoms with Crippen LogP contribution < -0.4 is 5.32 Å². The van der Waals surface area contributed by atoms with Gasteiger partial charge in [-0.2, -0.15) is 20.3 Å². The Hall–Kier alpha value is -6.01. The van der Waals surface area contributed by atoms with Crippen molar-refractivity contribution in [3.05, 3.63) is 90.1 Å². The lowest BCUT2D eigenvalue weighted by Crippen LogP contribution is -2.13. The average Bonchev–Trinajstić information content (AvgIpc) is 3.36. The molecule has 2 aromatic carbocycles. The van der Waals surface area contributed by atoms with E-state index in [1.165, 1.54) is 53.9 Å². The fourth-order valence-electron chi connectivity index (χ4n) is 3.49. The molecule has 0 aliphatic carbocycles. The smallest absolute Gasteiger partial charge is 0.260 e. The Bertz CT molecular complexity index is 1750. The lowest BCUT2D eigenvalue weighted by molar-refractivity contribution is 0.102. The Balaban J connectivity index is 1.58. The van der Waals surface area contributed by atoms with Crippen molar-refractivity contribution in [3.8, 4) is 23.7 Å². The second-order valence-electron chi connectivity index (χ2n) is 7.51. The molecule has 37 heavy (non-hydrogen) atoms. The molecule has 0 aliphatic rings. The molecular formula is C25H14N10O2. The Morgan fingerprint density at radius 3 is 2.59 bits per heavy atom. The number of hydrogen-bond donors (Lipinski definition) is 2. The quantitative estimate of drug-likeness (QED) is 0.345. The summed E-state index contributed by atoms with van der Waals surface area (Å²) < 4.78 is 1.29. The van der Waals surface area contributed by atoms with E-state index in [1.54, 1.807) is 24.3 Å². The van der Waals surface area contributed by atoms with Gasteiger partial charge in [0.25, 0.3) is 5.91 Å². The first-order chi connectivity index (χ1) is 18.1. The van der Waals surface area contributed by atoms with Crippen molar-refractivity contribution in [1.82, 2.24) is 24.7 Å². The number of nitriles is 2. The predicted octanol–water partition coefficient (Wildman–Crippen LogP) is 4.33. The van der Waals surface area contributed by atoms with Crippen molar-refractivity contribution in [1.29, 1.82) is 10.5 Å². The SMILES string of the molecule is N#Cc1ccc(NC(=O)c2cc3ccccc3c(N=Nc3c(C#N)cnn3-c3cnccn3)c2O)nc1. The van der Waals surface area contributed by atoms with Gasteiger partial charge in [0.15, 0.2) is 17.4 Å². The fourth-order valence-corrected chi connectivity index (χ4v) is 3.49. The van der Waals surface area contributed by atoms with Gasteiger partial charge in [-0.1, -0.05) is 24.3 Å². The Morgan fingerprint density at radius 1 is 1.00 bits per heavy atom. The van der Waals surface area contributed by atoms with E-state index >= 15 is 0 Å². The number of phenolic OH excluding ortho intramolecular Hbond substituents is 1. The van der Waals surface area contributed by atoms with Gasteiger partial charge in [-0.3, -0.25) is 9.78 Å². The highest BCUT2D eigenvalue weighted by atomic mass is 16.3. The molecule has 0 atom stereocenters. The molecule has 5 aromatic rings. The van der Waals surface area contributed by atoms with Crippen molar-refractivity contribution < 1.29 is 9.90 Å². The van der Waals surface area contributed by atoms with E-state index in [4.69, 9.17) is 5.26 Å². The molecule has 3 aromatic heterocycles. The molecule has 0 radical (unpaired) electrons. The summed E-state index contributed by atoms with van der Waals surface area (Å²) >= 11 is 0. The van der Waals surface area contributed by atoms with Crippen LogP contribution in [0.3, 0.4) is 0 Å². The molecule has 12 nitrogen and oxygen atoms in total. The summed E-state index contributed by atoms with van der Waals surface area (Å²) in [5, 5.41) is 45.8. The van der Waals surface area contributed by atoms with Crippen LogP contribution in [0.4, 0.5) is 17.3 Å². The molecule has 1 amide bonds. The first-order valence-corrected chi connectivity index (χ1v) is 10.7. The predicted molar refractivity (Wildman–Crippen MR) is 131 cm³/mol. The highest BCUT2D eigenvalue weighted by molar-refractivity contribution is 6.11. The van der Waals surface area contributed by atoms with Gasteiger partial charge in [0.05, 0.1) is 23.5 Å². The number of amides is 1. The Kier molecular flexibility index (Phi) is 5.96. The molecule has 0 spiro atoms. The summed E-state index contributed by atoms with van der Waals surface area (Å²) in [6, 6.07) is 15.5. The van der Waals surface area contributed by atoms with Crippen LogP contribution >= 0.6 is 0 Å². The largest absolute Gasteiger partial charge is 0.505 e. The van der Waals surface area contributed by atoms with Crippen molar-refractivity contribution >= 4 is 34.0 Å². The van der Waals surface area contributed by atoms with Crippen LogP contribution in [0.25, 0.3) is 16.6 Å². The summed E-state index contributed by atoms with van der Waals surface area (Å²) in [6.07, 6.45) is 7.04. The number of nitrogens with zero attached hydrogens (tertiary/aromatic N) is 9. The van der Waals surface area contributed by atoms with E-state index in [0.29, 0.717) is 22.2 Å². The number of aromatic hydroxyl groups is 1. The van der Waals surface area contributed by atoms with E-state index in [-0.39, 0.29) is 28.5 Å². The van der Waals surface area contributed by atoms with Crippen LogP contribution in [0.2, 0.25) is 0 Å². The van der Waals surface area contributed by atoms with Gasteiger partial charge in [-0.15, -0.1) is 10.2 Å². The van der Waals surface area contributed by atoms with Crippen molar-refractivity contribution in [2.45, 2.75) is 0 Å². The number of anilines is 1. The van der Waals surface area contributed by atoms with E-state index in [0.717, 1.165) is 0 Å². The number of nitrogens with one attached hydrogen (secondary N) is 1. The molecule has 0 saturated heterocycles. The summed E-state index contributed by atoms with van der Waals surface area (Å²) in [5.74, 6) is -0.471. The first-order valence-electron chi connectivity index (χ1n) is 10.7. The third-order valence-corrected chi connectivity index (χ3v) is 5.25. The van der Waals surface area contributed by atoms with E-state index in [9.17, 15) is 15.2 Å². The van der Waals surface area contributed by atoms with E-state index in [1.807, 2.05) is 12.1 Å².